The fourth-order valence-electron chi connectivity index (χ4n) is 1.77. The first-order chi connectivity index (χ1) is 11.4. The molecule has 0 unspecified atom stereocenters. The van der Waals surface area contributed by atoms with E-state index in [1.807, 2.05) is 6.92 Å². The van der Waals surface area contributed by atoms with Crippen molar-refractivity contribution in [1.82, 2.24) is 10.1 Å². The molecule has 126 valence electrons. The molecule has 0 saturated heterocycles. The molecule has 2 aromatic rings. The minimum atomic E-state index is -3.74. The Morgan fingerprint density at radius 3 is 2.58 bits per heavy atom. The molecule has 0 radical (unpaired) electrons. The first-order valence-electron chi connectivity index (χ1n) is 7.01. The number of carbonyl (C=O) groups excluding carboxylic acids is 1. The normalized spacial score (nSPS) is 11.6. The van der Waals surface area contributed by atoms with Crippen molar-refractivity contribution in [1.29, 1.82) is 0 Å². The van der Waals surface area contributed by atoms with Crippen molar-refractivity contribution < 1.29 is 13.2 Å². The number of hydrogen-bond acceptors (Lipinski definition) is 4. The number of rotatable bonds is 6. The number of carbonyl (C=O) groups is 1. The van der Waals surface area contributed by atoms with E-state index in [4.69, 9.17) is 11.6 Å². The zero-order chi connectivity index (χ0) is 17.6. The van der Waals surface area contributed by atoms with Crippen LogP contribution in [0.5, 0.6) is 0 Å². The molecular weight excluding hydrogens is 350 g/mol. The van der Waals surface area contributed by atoms with Crippen LogP contribution in [-0.4, -0.2) is 27.1 Å². The van der Waals surface area contributed by atoms with E-state index in [2.05, 4.69) is 15.2 Å². The topological polar surface area (TPSA) is 87.6 Å². The average molecular weight is 366 g/mol. The van der Waals surface area contributed by atoms with E-state index in [9.17, 15) is 13.2 Å². The smallest absolute Gasteiger partial charge is 0.255 e. The van der Waals surface area contributed by atoms with Gasteiger partial charge < -0.3 is 0 Å². The molecule has 0 bridgehead atoms. The predicted octanol–water partition coefficient (Wildman–Crippen LogP) is 2.08. The van der Waals surface area contributed by atoms with E-state index < -0.39 is 22.5 Å². The number of benzene rings is 2. The lowest BCUT2D eigenvalue weighted by Crippen LogP contribution is -2.34. The highest BCUT2D eigenvalue weighted by molar-refractivity contribution is 7.89. The van der Waals surface area contributed by atoms with E-state index in [0.29, 0.717) is 10.6 Å². The molecule has 0 heterocycles. The predicted molar refractivity (Wildman–Crippen MR) is 93.6 cm³/mol. The van der Waals surface area contributed by atoms with Gasteiger partial charge in [0, 0.05) is 5.02 Å². The van der Waals surface area contributed by atoms with Crippen LogP contribution in [0, 0.1) is 6.92 Å². The summed E-state index contributed by atoms with van der Waals surface area (Å²) in [6, 6.07) is 13.2. The molecule has 0 aliphatic heterocycles. The summed E-state index contributed by atoms with van der Waals surface area (Å²) in [4.78, 5) is 11.8. The number of sulfonamides is 1. The van der Waals surface area contributed by atoms with Crippen LogP contribution in [0.3, 0.4) is 0 Å². The molecule has 0 aliphatic rings. The maximum absolute atomic E-state index is 12.0. The minimum Gasteiger partial charge on any atom is -0.272 e. The molecule has 2 aromatic carbocycles. The van der Waals surface area contributed by atoms with E-state index in [1.54, 1.807) is 36.4 Å². The summed E-state index contributed by atoms with van der Waals surface area (Å²) >= 11 is 5.83. The number of hydrazone groups is 1. The Morgan fingerprint density at radius 1 is 1.21 bits per heavy atom. The highest BCUT2D eigenvalue weighted by Gasteiger charge is 2.14. The van der Waals surface area contributed by atoms with Gasteiger partial charge in [-0.1, -0.05) is 41.4 Å². The highest BCUT2D eigenvalue weighted by atomic mass is 35.5. The van der Waals surface area contributed by atoms with Gasteiger partial charge in [-0.25, -0.2) is 18.6 Å². The van der Waals surface area contributed by atoms with Gasteiger partial charge in [-0.3, -0.25) is 4.79 Å². The third-order valence-electron chi connectivity index (χ3n) is 3.01. The van der Waals surface area contributed by atoms with Gasteiger partial charge in [0.2, 0.25) is 10.0 Å². The monoisotopic (exact) mass is 365 g/mol. The van der Waals surface area contributed by atoms with Crippen LogP contribution >= 0.6 is 11.6 Å². The SMILES string of the molecule is Cc1ccc(S(=O)(=O)NCC(=O)N/N=C/c2cccc(Cl)c2)cc1. The Hall–Kier alpha value is -2.22. The summed E-state index contributed by atoms with van der Waals surface area (Å²) in [6.07, 6.45) is 1.41. The third-order valence-corrected chi connectivity index (χ3v) is 4.66. The number of nitrogens with zero attached hydrogens (tertiary/aromatic N) is 1. The molecular formula is C16H16ClN3O3S. The lowest BCUT2D eigenvalue weighted by atomic mass is 10.2. The van der Waals surface area contributed by atoms with E-state index in [0.717, 1.165) is 5.56 Å². The number of amides is 1. The summed E-state index contributed by atoms with van der Waals surface area (Å²) in [6.45, 7) is 1.44. The Bertz CT molecular complexity index is 849. The van der Waals surface area contributed by atoms with Gasteiger partial charge >= 0.3 is 0 Å². The van der Waals surface area contributed by atoms with Crippen LogP contribution in [0.4, 0.5) is 0 Å². The lowest BCUT2D eigenvalue weighted by Gasteiger charge is -2.06. The first-order valence-corrected chi connectivity index (χ1v) is 8.87. The van der Waals surface area contributed by atoms with E-state index in [-0.39, 0.29) is 4.90 Å². The maximum Gasteiger partial charge on any atom is 0.255 e. The molecule has 0 saturated carbocycles. The number of nitrogens with one attached hydrogen (secondary N) is 2. The zero-order valence-corrected chi connectivity index (χ0v) is 14.4. The van der Waals surface area contributed by atoms with Crippen molar-refractivity contribution in [3.63, 3.8) is 0 Å². The molecule has 0 aromatic heterocycles. The maximum atomic E-state index is 12.0. The summed E-state index contributed by atoms with van der Waals surface area (Å²) in [5.41, 5.74) is 3.90. The first kappa shape index (κ1) is 18.1. The molecule has 0 atom stereocenters. The van der Waals surface area contributed by atoms with Crippen LogP contribution in [0.2, 0.25) is 5.02 Å². The van der Waals surface area contributed by atoms with Gasteiger partial charge in [0.25, 0.3) is 5.91 Å². The summed E-state index contributed by atoms with van der Waals surface area (Å²) < 4.78 is 26.3. The van der Waals surface area contributed by atoms with Crippen LogP contribution in [0.15, 0.2) is 58.5 Å². The van der Waals surface area contributed by atoms with Crippen molar-refractivity contribution >= 4 is 33.7 Å². The number of aryl methyl sites for hydroxylation is 1. The Morgan fingerprint density at radius 2 is 1.92 bits per heavy atom. The summed E-state index contributed by atoms with van der Waals surface area (Å²) in [7, 11) is -3.74. The van der Waals surface area contributed by atoms with Gasteiger partial charge in [-0.05, 0) is 36.8 Å². The Labute approximate surface area is 145 Å². The van der Waals surface area contributed by atoms with Crippen LogP contribution < -0.4 is 10.1 Å². The second-order valence-electron chi connectivity index (χ2n) is 4.99. The lowest BCUT2D eigenvalue weighted by molar-refractivity contribution is -0.119. The van der Waals surface area contributed by atoms with Gasteiger partial charge in [0.05, 0.1) is 17.7 Å². The molecule has 0 spiro atoms. The Kier molecular flexibility index (Phi) is 6.08. The van der Waals surface area contributed by atoms with Crippen molar-refractivity contribution in [2.24, 2.45) is 5.10 Å². The fourth-order valence-corrected chi connectivity index (χ4v) is 2.95. The van der Waals surface area contributed by atoms with Gasteiger partial charge in [0.1, 0.15) is 0 Å². The number of hydrogen-bond donors (Lipinski definition) is 2. The zero-order valence-electron chi connectivity index (χ0n) is 12.9. The highest BCUT2D eigenvalue weighted by Crippen LogP contribution is 2.09. The molecule has 1 amide bonds. The molecule has 0 fully saturated rings. The summed E-state index contributed by atoms with van der Waals surface area (Å²) in [5, 5.41) is 4.30. The van der Waals surface area contributed by atoms with Crippen LogP contribution in [0.25, 0.3) is 0 Å². The molecule has 0 aliphatic carbocycles. The second kappa shape index (κ2) is 8.05. The quantitative estimate of drug-likeness (QED) is 0.606. The van der Waals surface area contributed by atoms with Gasteiger partial charge in [0.15, 0.2) is 0 Å². The molecule has 6 nitrogen and oxygen atoms in total. The van der Waals surface area contributed by atoms with Crippen LogP contribution in [-0.2, 0) is 14.8 Å². The van der Waals surface area contributed by atoms with Crippen LogP contribution in [0.1, 0.15) is 11.1 Å². The van der Waals surface area contributed by atoms with E-state index in [1.165, 1.54) is 18.3 Å². The largest absolute Gasteiger partial charge is 0.272 e. The standard InChI is InChI=1S/C16H16ClN3O3S/c1-12-5-7-15(8-6-12)24(22,23)19-11-16(21)20-18-10-13-3-2-4-14(17)9-13/h2-10,19H,11H2,1H3,(H,20,21)/b18-10+. The molecule has 24 heavy (non-hydrogen) atoms. The summed E-state index contributed by atoms with van der Waals surface area (Å²) in [5.74, 6) is -0.580. The average Bonchev–Trinajstić information content (AvgIpc) is 2.54. The molecule has 2 rings (SSSR count). The fraction of sp³-hybridized carbons (Fsp3) is 0.125. The Balaban J connectivity index is 1.87. The number of halogens is 1. The van der Waals surface area contributed by atoms with Crippen molar-refractivity contribution in [3.8, 4) is 0 Å². The third kappa shape index (κ3) is 5.45. The minimum absolute atomic E-state index is 0.100. The van der Waals surface area contributed by atoms with Crippen molar-refractivity contribution in [3.05, 3.63) is 64.7 Å². The molecule has 2 N–H and O–H groups in total. The second-order valence-corrected chi connectivity index (χ2v) is 7.19. The van der Waals surface area contributed by atoms with E-state index >= 15 is 0 Å². The van der Waals surface area contributed by atoms with Crippen molar-refractivity contribution in [2.75, 3.05) is 6.54 Å². The van der Waals surface area contributed by atoms with Gasteiger partial charge in [-0.15, -0.1) is 0 Å². The van der Waals surface area contributed by atoms with Crippen molar-refractivity contribution in [2.45, 2.75) is 11.8 Å². The van der Waals surface area contributed by atoms with Gasteiger partial charge in [-0.2, -0.15) is 5.10 Å². The molecule has 8 heteroatoms.